The number of hydrogen-bond donors (Lipinski definition) is 9. The van der Waals surface area contributed by atoms with Crippen molar-refractivity contribution < 1.29 is 105 Å². The number of piperidine rings is 1. The maximum atomic E-state index is 16.0. The van der Waals surface area contributed by atoms with Gasteiger partial charge < -0.3 is 105 Å². The molecule has 0 spiro atoms. The summed E-state index contributed by atoms with van der Waals surface area (Å²) in [6.07, 6.45) is 13.0. The van der Waals surface area contributed by atoms with Crippen LogP contribution in [-0.4, -0.2) is 317 Å². The molecule has 37 nitrogen and oxygen atoms in total. The number of carbonyl (C=O) groups excluding carboxylic acids is 7. The number of oxime groups is 1. The lowest BCUT2D eigenvalue weighted by molar-refractivity contribution is -0.265. The molecule has 1 saturated carbocycles. The highest BCUT2D eigenvalue weighted by Crippen LogP contribution is 2.39. The Labute approximate surface area is 807 Å². The first-order chi connectivity index (χ1) is 66.0. The lowest BCUT2D eigenvalue weighted by Gasteiger charge is -2.42. The van der Waals surface area contributed by atoms with Crippen LogP contribution in [0.2, 0.25) is 0 Å². The number of aliphatic hydroxyl groups is 5. The number of Topliss-reactive ketones (excluding diaryl/α,β-unsaturated/α-hetero) is 1. The minimum absolute atomic E-state index is 0.00676. The lowest BCUT2D eigenvalue weighted by atomic mass is 9.80. The molecule has 11 N–H and O–H groups in total. The number of fused-ring (bicyclic) bond motifs is 1. The van der Waals surface area contributed by atoms with Crippen molar-refractivity contribution in [2.75, 3.05) is 140 Å². The molecule has 754 valence electrons. The number of allylic oxidation sites excluding steroid dienone is 4. The number of aromatic nitrogens is 5. The maximum Gasteiger partial charge on any atom is 0.329 e. The number of likely N-dealkylation sites (tertiary alicyclic amines) is 1. The summed E-state index contributed by atoms with van der Waals surface area (Å²) in [6.45, 7) is 23.1. The van der Waals surface area contributed by atoms with Gasteiger partial charge in [-0.3, -0.25) is 33.7 Å². The second kappa shape index (κ2) is 50.9. The summed E-state index contributed by atoms with van der Waals surface area (Å²) >= 11 is 0. The van der Waals surface area contributed by atoms with Gasteiger partial charge in [-0.25, -0.2) is 42.5 Å². The number of amides is 5. The molecule has 8 heterocycles. The quantitative estimate of drug-likeness (QED) is 0.00379. The van der Waals surface area contributed by atoms with Gasteiger partial charge in [-0.1, -0.05) is 82.8 Å². The summed E-state index contributed by atoms with van der Waals surface area (Å²) in [4.78, 5) is 135. The van der Waals surface area contributed by atoms with Crippen molar-refractivity contribution in [3.05, 3.63) is 155 Å². The molecule has 4 saturated heterocycles. The Bertz CT molecular complexity index is 5200. The van der Waals surface area contributed by atoms with Crippen LogP contribution in [0.5, 0.6) is 5.75 Å². The third-order valence-electron chi connectivity index (χ3n) is 26.9. The lowest BCUT2D eigenvalue weighted by Crippen LogP contribution is -2.61. The molecule has 5 aliphatic heterocycles. The zero-order valence-corrected chi connectivity index (χ0v) is 81.7. The SMILES string of the molecule is C=C/C=C/C=C(\C)[C@H](C[C@@H]1CC[C@@H](C)[C@](O)(C(=O)C(=O)N2CCCC[C@H]2C(=O)O[C@@H](C[C@@H](O)[C@H](C)/C=C(\C)[C@@H](O)[C@@H](O)/C(=N/OCC(=O)NCc2cnc(N3CCN(C(=O)CCOCCN4CCN(c5ncc(C(=O)NCCS(=O)(=O)c6ccc(C(=O)N7CCOc8ccc(-c9ccc(N)nc9)cc8C7)c(C)c6F)cn5)CC4)CC3)nc2)[C@H](C)CC(C)C)[C@H](N)C[C@@H]2CC[C@@H](O)[C@H](OC)C2)O1)OC. The molecule has 15 atom stereocenters. The molecule has 2 aromatic carbocycles. The van der Waals surface area contributed by atoms with Crippen molar-refractivity contribution >= 4 is 74.6 Å². The number of methoxy groups -OCH3 is 2. The number of nitrogens with zero attached hydrogens (tertiary/aromatic N) is 12. The topological polar surface area (TPSA) is 492 Å². The van der Waals surface area contributed by atoms with E-state index in [9.17, 15) is 67.5 Å². The minimum atomic E-state index is -4.27. The van der Waals surface area contributed by atoms with Crippen LogP contribution in [0.1, 0.15) is 169 Å². The van der Waals surface area contributed by atoms with E-state index in [1.807, 2.05) is 73.9 Å². The van der Waals surface area contributed by atoms with E-state index in [4.69, 9.17) is 44.7 Å². The van der Waals surface area contributed by atoms with E-state index in [2.05, 4.69) is 52.2 Å². The smallest absolute Gasteiger partial charge is 0.329 e. The highest BCUT2D eigenvalue weighted by molar-refractivity contribution is 7.91. The van der Waals surface area contributed by atoms with Crippen LogP contribution in [0, 0.1) is 42.3 Å². The number of carbonyl (C=O) groups is 7. The number of anilines is 3. The summed E-state index contributed by atoms with van der Waals surface area (Å²) in [5.41, 5.74) is 16.9. The number of nitrogens with one attached hydrogen (secondary N) is 2. The molecule has 5 aromatic rings. The van der Waals surface area contributed by atoms with Crippen molar-refractivity contribution in [1.29, 1.82) is 0 Å². The van der Waals surface area contributed by atoms with Crippen molar-refractivity contribution in [2.45, 2.75) is 224 Å². The molecular formula is C99H139FN16O21S. The van der Waals surface area contributed by atoms with E-state index >= 15 is 4.39 Å². The molecule has 5 fully saturated rings. The molecule has 138 heavy (non-hydrogen) atoms. The number of benzene rings is 2. The van der Waals surface area contributed by atoms with Gasteiger partial charge in [0.25, 0.3) is 29.4 Å². The summed E-state index contributed by atoms with van der Waals surface area (Å²) in [5, 5.41) is 68.1. The Kier molecular flexibility index (Phi) is 39.8. The van der Waals surface area contributed by atoms with Crippen molar-refractivity contribution in [1.82, 2.24) is 55.2 Å². The van der Waals surface area contributed by atoms with E-state index in [1.165, 1.54) is 37.4 Å². The molecule has 0 unspecified atom stereocenters. The first-order valence-electron chi connectivity index (χ1n) is 47.9. The zero-order valence-electron chi connectivity index (χ0n) is 80.9. The zero-order chi connectivity index (χ0) is 99.7. The molecule has 5 amide bonds. The normalized spacial score (nSPS) is 22.3. The van der Waals surface area contributed by atoms with E-state index in [0.29, 0.717) is 152 Å². The molecule has 0 bridgehead atoms. The second-order valence-electron chi connectivity index (χ2n) is 37.4. The number of hydrogen-bond acceptors (Lipinski definition) is 32. The number of halogens is 1. The third-order valence-corrected chi connectivity index (χ3v) is 28.7. The molecule has 39 heteroatoms. The Hall–Kier alpha value is -10.7. The first kappa shape index (κ1) is 108. The summed E-state index contributed by atoms with van der Waals surface area (Å²) < 4.78 is 78.7. The van der Waals surface area contributed by atoms with E-state index < -0.39 is 153 Å². The number of pyridine rings is 1. The van der Waals surface area contributed by atoms with Gasteiger partial charge in [0.2, 0.25) is 23.6 Å². The van der Waals surface area contributed by atoms with Crippen LogP contribution in [-0.2, 0) is 75.4 Å². The van der Waals surface area contributed by atoms with Gasteiger partial charge in [0.05, 0.1) is 73.7 Å². The first-order valence-corrected chi connectivity index (χ1v) is 49.5. The summed E-state index contributed by atoms with van der Waals surface area (Å²) in [7, 11) is -1.19. The Morgan fingerprint density at radius 3 is 2.17 bits per heavy atom. The molecule has 11 rings (SSSR count). The van der Waals surface area contributed by atoms with Crippen LogP contribution in [0.25, 0.3) is 11.1 Å². The summed E-state index contributed by atoms with van der Waals surface area (Å²) in [6, 6.07) is 9.38. The molecule has 1 aliphatic carbocycles. The number of nitrogens with two attached hydrogens (primary N) is 2. The van der Waals surface area contributed by atoms with Gasteiger partial charge in [-0.15, -0.1) is 0 Å². The summed E-state index contributed by atoms with van der Waals surface area (Å²) in [5.74, 6) is -9.05. The largest absolute Gasteiger partial charge is 0.491 e. The fourth-order valence-electron chi connectivity index (χ4n) is 18.5. The fraction of sp³-hybridized carbons (Fsp3) is 0.586. The van der Waals surface area contributed by atoms with Gasteiger partial charge in [0.1, 0.15) is 53.2 Å². The maximum absolute atomic E-state index is 16.0. The molecule has 3 aromatic heterocycles. The number of ether oxygens (including phenoxy) is 6. The van der Waals surface area contributed by atoms with Gasteiger partial charge in [-0.05, 0) is 155 Å². The van der Waals surface area contributed by atoms with Crippen LogP contribution >= 0.6 is 0 Å². The van der Waals surface area contributed by atoms with Gasteiger partial charge in [-0.2, -0.15) is 0 Å². The Morgan fingerprint density at radius 2 is 1.49 bits per heavy atom. The van der Waals surface area contributed by atoms with E-state index in [0.717, 1.165) is 33.2 Å². The predicted octanol–water partition coefficient (Wildman–Crippen LogP) is 6.55. The Morgan fingerprint density at radius 1 is 0.783 bits per heavy atom. The van der Waals surface area contributed by atoms with Crippen LogP contribution in [0.15, 0.2) is 132 Å². The van der Waals surface area contributed by atoms with Crippen molar-refractivity contribution in [3.63, 3.8) is 0 Å². The van der Waals surface area contributed by atoms with Gasteiger partial charge in [0.15, 0.2) is 16.4 Å². The van der Waals surface area contributed by atoms with Crippen LogP contribution in [0.4, 0.5) is 22.1 Å². The predicted molar refractivity (Wildman–Crippen MR) is 514 cm³/mol. The van der Waals surface area contributed by atoms with E-state index in [1.54, 1.807) is 75.7 Å². The van der Waals surface area contributed by atoms with E-state index in [-0.39, 0.29) is 117 Å². The monoisotopic (exact) mass is 1940 g/mol. The molecule has 0 radical (unpaired) electrons. The number of aliphatic hydroxyl groups excluding tert-OH is 4. The number of rotatable bonds is 44. The average Bonchev–Trinajstić information content (AvgIpc) is 0.960. The average molecular weight is 1940 g/mol. The third kappa shape index (κ3) is 29.0. The number of ketones is 1. The minimum Gasteiger partial charge on any atom is -0.491 e. The van der Waals surface area contributed by atoms with Gasteiger partial charge >= 0.3 is 5.97 Å². The highest BCUT2D eigenvalue weighted by atomic mass is 32.2. The van der Waals surface area contributed by atoms with Crippen LogP contribution in [0.3, 0.4) is 0 Å². The van der Waals surface area contributed by atoms with Crippen molar-refractivity contribution in [3.8, 4) is 16.9 Å². The fourth-order valence-corrected chi connectivity index (χ4v) is 19.8. The number of piperazine rings is 2. The molecular weight excluding hydrogens is 1800 g/mol. The molecule has 6 aliphatic rings. The van der Waals surface area contributed by atoms with Crippen LogP contribution < -0.4 is 36.6 Å². The Balaban J connectivity index is 0.577. The number of sulfone groups is 1. The van der Waals surface area contributed by atoms with Crippen molar-refractivity contribution in [2.24, 2.45) is 40.5 Å². The number of nitrogen functional groups attached to an aromatic ring is 1. The van der Waals surface area contributed by atoms with Gasteiger partial charge in [0, 0.05) is 189 Å². The standard InChI is InChI=1S/C99H139FN16O21S/c1-12-13-14-17-62(4)81(131-10)51-74-23-19-66(8)99(128,137-74)92(123)95(126)116-31-16-15-18-77(116)96(127)136-82(76(101)48-68-20-25-78(117)83(49-68)132-11)52-79(118)63(5)47-65(7)90(121)91(122)89(64(6)46-61(2)3)110-135-60-86(119)105-53-69-54-106-97(107-55-69)114-38-36-112(37-39-114)87(120)29-42-133-43-40-111-32-34-113(35-33-111)98-108-57-73(58-109-98)93(124)103-30-45-138(129,130)84-27-24-75(67(9)88(84)100)94(125)115-41-44-134-80-26-21-70(50-72(80)59-115)71-22-28-85(102)104-56-71/h12-14,17,21-22,24,26-28,47,50,54-58,61,63-64,66,68,74,76-79,81-83,90-91,117-118,121-122,128H,1,15-16,18-20,23,25,29-46,48-49,51-53,59-60,101H2,2-11H3,(H2,102,104)(H,103,124)(H,105,119)/b14-13+,62-17+,65-47+,110-89+/t63-,64-,66-,68+,74+,76-,77+,78-,79-,81+,82+,83-,90-,91+,99-/m1/s1. The number of esters is 1. The highest BCUT2D eigenvalue weighted by Gasteiger charge is 2.53. The second-order valence-corrected chi connectivity index (χ2v) is 39.5.